The molecule has 0 spiro atoms. The number of rotatable bonds is 8. The number of nitrogens with zero attached hydrogens (tertiary/aromatic N) is 8. The highest BCUT2D eigenvalue weighted by Crippen LogP contribution is 2.34. The zero-order valence-corrected chi connectivity index (χ0v) is 36.2. The van der Waals surface area contributed by atoms with Gasteiger partial charge in [-0.2, -0.15) is 10.2 Å². The molecule has 324 valence electrons. The molecule has 0 bridgehead atoms. The van der Waals surface area contributed by atoms with Gasteiger partial charge in [-0.25, -0.2) is 19.0 Å². The van der Waals surface area contributed by atoms with Crippen molar-refractivity contribution in [2.45, 2.75) is 91.1 Å². The molecule has 2 aromatic carbocycles. The van der Waals surface area contributed by atoms with E-state index in [1.807, 2.05) is 27.7 Å². The number of halogens is 2. The molecule has 8 heterocycles. The van der Waals surface area contributed by atoms with Crippen molar-refractivity contribution in [1.29, 1.82) is 0 Å². The average Bonchev–Trinajstić information content (AvgIpc) is 4.14. The SMILES string of the molecule is CCc1c(Cl)c(C)nc2c3c(nn12)CN(C(=O)c1ccccc1O[C@H]1COC[C@@H]1O)C3.CCc1nc2c3c(nn2c(C)c1Cl)CN(C(=O)c1ccccc1O[C@H]1COC[C@@H]1O)C3. The van der Waals surface area contributed by atoms with Gasteiger partial charge in [0.25, 0.3) is 11.8 Å². The zero-order chi connectivity index (χ0) is 43.4. The number of hydrogen-bond acceptors (Lipinski definition) is 12. The number of hydrogen-bond donors (Lipinski definition) is 2. The van der Waals surface area contributed by atoms with Crippen LogP contribution in [0, 0.1) is 13.8 Å². The van der Waals surface area contributed by atoms with Crippen LogP contribution >= 0.6 is 23.2 Å². The number of aryl methyl sites for hydroxylation is 4. The van der Waals surface area contributed by atoms with Crippen LogP contribution in [0.1, 0.15) is 79.9 Å². The molecular weight excluding hydrogens is 839 g/mol. The molecule has 2 saturated heterocycles. The van der Waals surface area contributed by atoms with Crippen molar-refractivity contribution in [3.63, 3.8) is 0 Å². The molecule has 0 unspecified atom stereocenters. The first kappa shape index (κ1) is 42.0. The van der Waals surface area contributed by atoms with Crippen LogP contribution in [-0.4, -0.2) is 112 Å². The van der Waals surface area contributed by atoms with E-state index in [0.29, 0.717) is 72.1 Å². The van der Waals surface area contributed by atoms with Crippen LogP contribution in [0.3, 0.4) is 0 Å². The molecule has 4 aliphatic rings. The van der Waals surface area contributed by atoms with E-state index in [2.05, 4.69) is 10.1 Å². The summed E-state index contributed by atoms with van der Waals surface area (Å²) in [5, 5.41) is 30.6. The van der Waals surface area contributed by atoms with Gasteiger partial charge in [0.15, 0.2) is 11.3 Å². The summed E-state index contributed by atoms with van der Waals surface area (Å²) >= 11 is 12.8. The number of para-hydroxylation sites is 2. The Hall–Kier alpha value is -5.36. The van der Waals surface area contributed by atoms with Crippen molar-refractivity contribution in [1.82, 2.24) is 39.0 Å². The Morgan fingerprint density at radius 3 is 1.68 bits per heavy atom. The van der Waals surface area contributed by atoms with E-state index in [0.717, 1.165) is 69.4 Å². The highest BCUT2D eigenvalue weighted by molar-refractivity contribution is 6.32. The first-order chi connectivity index (χ1) is 29.9. The molecule has 10 rings (SSSR count). The molecule has 0 aliphatic carbocycles. The number of carbonyl (C=O) groups is 2. The number of carbonyl (C=O) groups excluding carboxylic acids is 2. The second kappa shape index (κ2) is 17.1. The molecule has 6 aromatic rings. The monoisotopic (exact) mass is 884 g/mol. The van der Waals surface area contributed by atoms with Crippen LogP contribution in [0.2, 0.25) is 10.0 Å². The largest absolute Gasteiger partial charge is 0.484 e. The number of benzene rings is 2. The molecule has 0 radical (unpaired) electrons. The summed E-state index contributed by atoms with van der Waals surface area (Å²) in [5.74, 6) is 0.577. The third-order valence-corrected chi connectivity index (χ3v) is 12.7. The minimum absolute atomic E-state index is 0.151. The lowest BCUT2D eigenvalue weighted by atomic mass is 10.1. The van der Waals surface area contributed by atoms with Gasteiger partial charge in [0.1, 0.15) is 35.9 Å². The molecule has 2 fully saturated rings. The van der Waals surface area contributed by atoms with Crippen molar-refractivity contribution in [2.75, 3.05) is 26.4 Å². The normalized spacial score (nSPS) is 20.5. The van der Waals surface area contributed by atoms with Gasteiger partial charge in [-0.05, 0) is 51.0 Å². The molecule has 2 amide bonds. The van der Waals surface area contributed by atoms with Crippen LogP contribution in [0.4, 0.5) is 0 Å². The van der Waals surface area contributed by atoms with E-state index in [-0.39, 0.29) is 25.0 Å². The van der Waals surface area contributed by atoms with Gasteiger partial charge in [-0.3, -0.25) is 9.59 Å². The van der Waals surface area contributed by atoms with Crippen molar-refractivity contribution >= 4 is 46.3 Å². The standard InChI is InChI=1S/2C22H23ClN4O4/c1-3-16-20(23)12(2)24-21-14-8-26(9-15(14)25-27(16)21)22(29)13-6-4-5-7-18(13)31-19-11-30-10-17(19)28;1-3-15-20(23)12(2)27-21(24-15)14-8-26(9-16(14)25-27)22(29)13-6-4-5-7-18(13)31-19-11-30-10-17(19)28/h2*4-7,17,19,28H,3,8-11H2,1-2H3/t2*17-,19-/m00/s1. The molecule has 16 nitrogen and oxygen atoms in total. The van der Waals surface area contributed by atoms with Gasteiger partial charge in [-0.15, -0.1) is 0 Å². The zero-order valence-electron chi connectivity index (χ0n) is 34.7. The lowest BCUT2D eigenvalue weighted by molar-refractivity contribution is 0.0665. The quantitative estimate of drug-likeness (QED) is 0.207. The molecule has 0 saturated carbocycles. The topological polar surface area (TPSA) is 178 Å². The number of aliphatic hydroxyl groups is 2. The van der Waals surface area contributed by atoms with Crippen molar-refractivity contribution < 1.29 is 38.7 Å². The summed E-state index contributed by atoms with van der Waals surface area (Å²) in [7, 11) is 0. The summed E-state index contributed by atoms with van der Waals surface area (Å²) < 4.78 is 25.9. The van der Waals surface area contributed by atoms with Gasteiger partial charge < -0.3 is 39.0 Å². The van der Waals surface area contributed by atoms with E-state index < -0.39 is 24.4 Å². The maximum atomic E-state index is 13.3. The van der Waals surface area contributed by atoms with E-state index in [9.17, 15) is 19.8 Å². The predicted molar refractivity (Wildman–Crippen MR) is 227 cm³/mol. The fraction of sp³-hybridized carbons (Fsp3) is 0.409. The molecule has 2 N–H and O–H groups in total. The summed E-state index contributed by atoms with van der Waals surface area (Å²) in [6.45, 7) is 10.5. The maximum absolute atomic E-state index is 13.3. The van der Waals surface area contributed by atoms with Crippen molar-refractivity contribution in [2.24, 2.45) is 0 Å². The highest BCUT2D eigenvalue weighted by atomic mass is 35.5. The number of ether oxygens (including phenoxy) is 4. The molecule has 18 heteroatoms. The van der Waals surface area contributed by atoms with Crippen molar-refractivity contribution in [3.8, 4) is 11.5 Å². The minimum atomic E-state index is -0.707. The van der Waals surface area contributed by atoms with Gasteiger partial charge in [-0.1, -0.05) is 61.3 Å². The lowest BCUT2D eigenvalue weighted by Crippen LogP contribution is -2.31. The van der Waals surface area contributed by atoms with Gasteiger partial charge in [0.2, 0.25) is 0 Å². The lowest BCUT2D eigenvalue weighted by Gasteiger charge is -2.21. The Morgan fingerprint density at radius 1 is 0.694 bits per heavy atom. The van der Waals surface area contributed by atoms with E-state index >= 15 is 0 Å². The van der Waals surface area contributed by atoms with Crippen LogP contribution in [0.15, 0.2) is 48.5 Å². The van der Waals surface area contributed by atoms with Crippen molar-refractivity contribution in [3.05, 3.63) is 115 Å². The molecular formula is C44H46Cl2N8O8. The highest BCUT2D eigenvalue weighted by Gasteiger charge is 2.36. The Balaban J connectivity index is 0.000000158. The molecule has 62 heavy (non-hydrogen) atoms. The summed E-state index contributed by atoms with van der Waals surface area (Å²) in [6, 6.07) is 14.2. The number of aromatic nitrogens is 6. The van der Waals surface area contributed by atoms with E-state index in [4.69, 9.17) is 52.2 Å². The fourth-order valence-corrected chi connectivity index (χ4v) is 8.81. The van der Waals surface area contributed by atoms with Gasteiger partial charge in [0.05, 0.1) is 108 Å². The predicted octanol–water partition coefficient (Wildman–Crippen LogP) is 5.10. The first-order valence-electron chi connectivity index (χ1n) is 20.7. The summed E-state index contributed by atoms with van der Waals surface area (Å²) in [5.41, 5.74) is 9.31. The number of amides is 2. The van der Waals surface area contributed by atoms with Gasteiger partial charge >= 0.3 is 0 Å². The molecule has 4 atom stereocenters. The summed E-state index contributed by atoms with van der Waals surface area (Å²) in [6.07, 6.45) is -0.927. The van der Waals surface area contributed by atoms with Crippen LogP contribution in [0.25, 0.3) is 11.3 Å². The molecule has 4 aromatic heterocycles. The Labute approximate surface area is 366 Å². The third kappa shape index (κ3) is 7.51. The Morgan fingerprint density at radius 2 is 1.19 bits per heavy atom. The second-order valence-corrected chi connectivity index (χ2v) is 16.5. The Bertz CT molecular complexity index is 2640. The van der Waals surface area contributed by atoms with Crippen LogP contribution in [-0.2, 0) is 48.5 Å². The van der Waals surface area contributed by atoms with E-state index in [1.54, 1.807) is 67.4 Å². The van der Waals surface area contributed by atoms with Gasteiger partial charge in [0, 0.05) is 11.1 Å². The smallest absolute Gasteiger partial charge is 0.258 e. The fourth-order valence-electron chi connectivity index (χ4n) is 8.30. The molecule has 4 aliphatic heterocycles. The first-order valence-corrected chi connectivity index (χ1v) is 21.4. The minimum Gasteiger partial charge on any atom is -0.484 e. The second-order valence-electron chi connectivity index (χ2n) is 15.8. The third-order valence-electron chi connectivity index (χ3n) is 11.7. The number of fused-ring (bicyclic) bond motifs is 6. The Kier molecular flexibility index (Phi) is 11.6. The summed E-state index contributed by atoms with van der Waals surface area (Å²) in [4.78, 5) is 39.5. The van der Waals surface area contributed by atoms with E-state index in [1.165, 1.54) is 0 Å². The maximum Gasteiger partial charge on any atom is 0.258 e. The van der Waals surface area contributed by atoms with Crippen LogP contribution < -0.4 is 9.47 Å². The van der Waals surface area contributed by atoms with Crippen LogP contribution in [0.5, 0.6) is 11.5 Å². The number of aliphatic hydroxyl groups excluding tert-OH is 2. The average molecular weight is 886 g/mol.